The number of rotatable bonds is 6. The molecule has 9 heteroatoms. The van der Waals surface area contributed by atoms with Gasteiger partial charge in [0.05, 0.1) is 31.3 Å². The van der Waals surface area contributed by atoms with Gasteiger partial charge >= 0.3 is 0 Å². The largest absolute Gasteiger partial charge is 0.493 e. The van der Waals surface area contributed by atoms with Crippen LogP contribution in [0, 0.1) is 11.3 Å². The van der Waals surface area contributed by atoms with Gasteiger partial charge in [-0.05, 0) is 13.3 Å². The molecule has 0 bridgehead atoms. The summed E-state index contributed by atoms with van der Waals surface area (Å²) in [7, 11) is 1.55. The third kappa shape index (κ3) is 3.23. The molecule has 0 radical (unpaired) electrons. The van der Waals surface area contributed by atoms with Crippen molar-refractivity contribution in [3.05, 3.63) is 48.9 Å². The SMILES string of the molecule is CCn1cc(-c2ncnc3cc(OC)c(NC(=O)C45COC[C@H]4C5)nc23)c(-c2ccccc2)n1. The molecule has 9 nitrogen and oxygen atoms in total. The van der Waals surface area contributed by atoms with Crippen LogP contribution in [-0.2, 0) is 16.1 Å². The summed E-state index contributed by atoms with van der Waals surface area (Å²) in [5.41, 5.74) is 4.04. The van der Waals surface area contributed by atoms with Crippen LogP contribution in [0.1, 0.15) is 13.3 Å². The van der Waals surface area contributed by atoms with E-state index in [1.807, 2.05) is 48.1 Å². The van der Waals surface area contributed by atoms with Gasteiger partial charge in [-0.25, -0.2) is 15.0 Å². The first-order valence-corrected chi connectivity index (χ1v) is 11.3. The van der Waals surface area contributed by atoms with E-state index in [2.05, 4.69) is 15.3 Å². The maximum atomic E-state index is 13.1. The van der Waals surface area contributed by atoms with Crippen molar-refractivity contribution in [3.8, 4) is 28.3 Å². The molecule has 1 aliphatic carbocycles. The van der Waals surface area contributed by atoms with Crippen molar-refractivity contribution in [2.75, 3.05) is 25.6 Å². The second-order valence-electron chi connectivity index (χ2n) is 8.77. The van der Waals surface area contributed by atoms with Gasteiger partial charge in [-0.2, -0.15) is 5.10 Å². The molecule has 1 aromatic carbocycles. The van der Waals surface area contributed by atoms with Crippen LogP contribution in [0.5, 0.6) is 5.75 Å². The molecule has 1 amide bonds. The van der Waals surface area contributed by atoms with E-state index in [4.69, 9.17) is 19.6 Å². The quantitative estimate of drug-likeness (QED) is 0.473. The Morgan fingerprint density at radius 2 is 2.12 bits per heavy atom. The lowest BCUT2D eigenvalue weighted by atomic mass is 10.0. The van der Waals surface area contributed by atoms with Crippen LogP contribution in [0.15, 0.2) is 48.9 Å². The highest BCUT2D eigenvalue weighted by molar-refractivity contribution is 6.01. The van der Waals surface area contributed by atoms with E-state index in [9.17, 15) is 4.79 Å². The van der Waals surface area contributed by atoms with Crippen molar-refractivity contribution >= 4 is 22.8 Å². The lowest BCUT2D eigenvalue weighted by Crippen LogP contribution is -2.27. The van der Waals surface area contributed by atoms with Crippen LogP contribution in [0.2, 0.25) is 0 Å². The van der Waals surface area contributed by atoms with Crippen LogP contribution >= 0.6 is 0 Å². The number of aryl methyl sites for hydroxylation is 1. The smallest absolute Gasteiger partial charge is 0.234 e. The zero-order valence-corrected chi connectivity index (χ0v) is 19.0. The summed E-state index contributed by atoms with van der Waals surface area (Å²) in [6.45, 7) is 3.84. The molecule has 3 aromatic heterocycles. The van der Waals surface area contributed by atoms with E-state index in [1.54, 1.807) is 13.2 Å². The molecule has 1 aliphatic heterocycles. The van der Waals surface area contributed by atoms with Gasteiger partial charge in [0.15, 0.2) is 11.6 Å². The maximum absolute atomic E-state index is 13.1. The van der Waals surface area contributed by atoms with E-state index >= 15 is 0 Å². The summed E-state index contributed by atoms with van der Waals surface area (Å²) < 4.78 is 12.9. The Kier molecular flexibility index (Phi) is 4.80. The monoisotopic (exact) mass is 456 g/mol. The molecule has 0 spiro atoms. The van der Waals surface area contributed by atoms with E-state index in [0.29, 0.717) is 41.5 Å². The van der Waals surface area contributed by atoms with Gasteiger partial charge < -0.3 is 14.8 Å². The van der Waals surface area contributed by atoms with Crippen molar-refractivity contribution < 1.29 is 14.3 Å². The Bertz CT molecular complexity index is 1400. The number of pyridine rings is 1. The molecule has 1 saturated carbocycles. The number of methoxy groups -OCH3 is 1. The number of aromatic nitrogens is 5. The van der Waals surface area contributed by atoms with Crippen LogP contribution in [0.25, 0.3) is 33.5 Å². The van der Waals surface area contributed by atoms with Crippen molar-refractivity contribution in [1.82, 2.24) is 24.7 Å². The number of anilines is 1. The topological polar surface area (TPSA) is 104 Å². The van der Waals surface area contributed by atoms with Crippen LogP contribution in [0.3, 0.4) is 0 Å². The first-order chi connectivity index (χ1) is 16.6. The average Bonchev–Trinajstić information content (AvgIpc) is 3.21. The summed E-state index contributed by atoms with van der Waals surface area (Å²) in [6.07, 6.45) is 4.33. The second-order valence-corrected chi connectivity index (χ2v) is 8.77. The Balaban J connectivity index is 1.47. The number of hydrogen-bond donors (Lipinski definition) is 1. The fourth-order valence-corrected chi connectivity index (χ4v) is 4.71. The van der Waals surface area contributed by atoms with Crippen LogP contribution in [0.4, 0.5) is 5.82 Å². The highest BCUT2D eigenvalue weighted by Gasteiger charge is 2.63. The van der Waals surface area contributed by atoms with Gasteiger partial charge in [0, 0.05) is 35.9 Å². The number of benzene rings is 1. The zero-order valence-electron chi connectivity index (χ0n) is 19.0. The third-order valence-corrected chi connectivity index (χ3v) is 6.78. The van der Waals surface area contributed by atoms with E-state index < -0.39 is 5.41 Å². The van der Waals surface area contributed by atoms with E-state index in [-0.39, 0.29) is 11.8 Å². The Labute approximate surface area is 196 Å². The number of hydrogen-bond acceptors (Lipinski definition) is 7. The second kappa shape index (κ2) is 7.88. The lowest BCUT2D eigenvalue weighted by molar-refractivity contribution is -0.121. The third-order valence-electron chi connectivity index (χ3n) is 6.78. The molecular weight excluding hydrogens is 432 g/mol. The van der Waals surface area contributed by atoms with Crippen molar-refractivity contribution in [1.29, 1.82) is 0 Å². The highest BCUT2D eigenvalue weighted by atomic mass is 16.5. The van der Waals surface area contributed by atoms with Crippen molar-refractivity contribution in [3.63, 3.8) is 0 Å². The van der Waals surface area contributed by atoms with Crippen LogP contribution in [-0.4, -0.2) is 51.0 Å². The normalized spacial score (nSPS) is 20.8. The number of carbonyl (C=O) groups excluding carboxylic acids is 1. The van der Waals surface area contributed by atoms with Gasteiger partial charge in [-0.15, -0.1) is 0 Å². The van der Waals surface area contributed by atoms with Crippen LogP contribution < -0.4 is 10.1 Å². The molecule has 34 heavy (non-hydrogen) atoms. The summed E-state index contributed by atoms with van der Waals surface area (Å²) >= 11 is 0. The minimum absolute atomic E-state index is 0.0812. The molecule has 2 fully saturated rings. The fourth-order valence-electron chi connectivity index (χ4n) is 4.71. The molecular formula is C25H24N6O3. The molecule has 4 heterocycles. The first kappa shape index (κ1) is 20.7. The van der Waals surface area contributed by atoms with Crippen molar-refractivity contribution in [2.45, 2.75) is 19.9 Å². The number of nitrogens with zero attached hydrogens (tertiary/aromatic N) is 5. The summed E-state index contributed by atoms with van der Waals surface area (Å²) in [6, 6.07) is 11.8. The number of fused-ring (bicyclic) bond motifs is 2. The van der Waals surface area contributed by atoms with E-state index in [0.717, 1.165) is 29.8 Å². The van der Waals surface area contributed by atoms with E-state index in [1.165, 1.54) is 6.33 Å². The van der Waals surface area contributed by atoms with Crippen molar-refractivity contribution in [2.24, 2.45) is 11.3 Å². The minimum atomic E-state index is -0.444. The molecule has 6 rings (SSSR count). The molecule has 2 atom stereocenters. The molecule has 4 aromatic rings. The summed E-state index contributed by atoms with van der Waals surface area (Å²) in [5.74, 6) is 1.01. The molecule has 1 N–H and O–H groups in total. The Morgan fingerprint density at radius 1 is 1.26 bits per heavy atom. The summed E-state index contributed by atoms with van der Waals surface area (Å²) in [5, 5.41) is 7.76. The zero-order chi connectivity index (χ0) is 23.3. The summed E-state index contributed by atoms with van der Waals surface area (Å²) in [4.78, 5) is 26.9. The molecule has 172 valence electrons. The highest BCUT2D eigenvalue weighted by Crippen LogP contribution is 2.57. The standard InChI is InChI=1S/C25H24N6O3/c1-3-31-11-17(20(30-31)15-7-5-4-6-8-15)21-22-18(26-14-27-21)9-19(33-2)23(28-22)29-24(32)25-10-16(25)12-34-13-25/h4-9,11,14,16H,3,10,12-13H2,1-2H3,(H,28,29,32)/t16-,25?/m1/s1. The first-order valence-electron chi connectivity index (χ1n) is 11.3. The maximum Gasteiger partial charge on any atom is 0.234 e. The predicted molar refractivity (Wildman–Crippen MR) is 126 cm³/mol. The van der Waals surface area contributed by atoms with Gasteiger partial charge in [0.2, 0.25) is 5.91 Å². The van der Waals surface area contributed by atoms with Gasteiger partial charge in [0.1, 0.15) is 23.2 Å². The van der Waals surface area contributed by atoms with Gasteiger partial charge in [0.25, 0.3) is 0 Å². The van der Waals surface area contributed by atoms with Gasteiger partial charge in [-0.3, -0.25) is 9.48 Å². The number of amides is 1. The average molecular weight is 457 g/mol. The predicted octanol–water partition coefficient (Wildman–Crippen LogP) is 3.56. The molecule has 1 unspecified atom stereocenters. The number of ether oxygens (including phenoxy) is 2. The number of nitrogens with one attached hydrogen (secondary N) is 1. The minimum Gasteiger partial charge on any atom is -0.493 e. The Morgan fingerprint density at radius 3 is 2.82 bits per heavy atom. The van der Waals surface area contributed by atoms with Gasteiger partial charge in [-0.1, -0.05) is 30.3 Å². The molecule has 2 aliphatic rings. The lowest BCUT2D eigenvalue weighted by Gasteiger charge is -2.15. The number of carbonyl (C=O) groups is 1. The molecule has 1 saturated heterocycles. The Hall–Kier alpha value is -3.85. The fraction of sp³-hybridized carbons (Fsp3) is 0.320.